The zero-order chi connectivity index (χ0) is 21.4. The maximum Gasteiger partial charge on any atom is 0.323 e. The number of aromatic amines is 1. The van der Waals surface area contributed by atoms with Gasteiger partial charge in [0.2, 0.25) is 23.5 Å². The second-order valence-corrected chi connectivity index (χ2v) is 6.53. The minimum atomic E-state index is -1.11. The second kappa shape index (κ2) is 9.95. The summed E-state index contributed by atoms with van der Waals surface area (Å²) in [5, 5.41) is 5.97. The van der Waals surface area contributed by atoms with Gasteiger partial charge in [0.05, 0.1) is 0 Å². The summed E-state index contributed by atoms with van der Waals surface area (Å²) in [6.45, 7) is 1.29. The second-order valence-electron chi connectivity index (χ2n) is 6.53. The standard InChI is InChI=1S/C19H22N6O4/c1-11(26)24-17(8-12-9-22-15-5-3-2-4-14(12)15)19(29)25-16(18(20)28)7-6-13(27)10-23-21/h2-5,9-10,16-17,22H,6-8H2,1H3,(H2,20,28)(H,24,26)(H,25,29)/t16-,17-/m0/s1. The van der Waals surface area contributed by atoms with Crippen LogP contribution in [0.3, 0.4) is 0 Å². The molecule has 0 spiro atoms. The van der Waals surface area contributed by atoms with E-state index in [1.807, 2.05) is 24.3 Å². The van der Waals surface area contributed by atoms with Crippen molar-refractivity contribution in [1.29, 1.82) is 0 Å². The van der Waals surface area contributed by atoms with Gasteiger partial charge in [-0.2, -0.15) is 4.79 Å². The minimum Gasteiger partial charge on any atom is -0.368 e. The van der Waals surface area contributed by atoms with Gasteiger partial charge < -0.3 is 26.9 Å². The molecule has 3 amide bonds. The lowest BCUT2D eigenvalue weighted by atomic mass is 10.0. The van der Waals surface area contributed by atoms with Crippen LogP contribution in [0.15, 0.2) is 30.5 Å². The molecule has 2 atom stereocenters. The highest BCUT2D eigenvalue weighted by molar-refractivity contribution is 6.25. The number of fused-ring (bicyclic) bond motifs is 1. The number of benzene rings is 1. The van der Waals surface area contributed by atoms with Crippen LogP contribution >= 0.6 is 0 Å². The first-order chi connectivity index (χ1) is 13.8. The Morgan fingerprint density at radius 2 is 1.93 bits per heavy atom. The molecule has 0 unspecified atom stereocenters. The number of nitrogens with one attached hydrogen (secondary N) is 3. The molecule has 0 fully saturated rings. The van der Waals surface area contributed by atoms with E-state index in [0.29, 0.717) is 6.21 Å². The first kappa shape index (κ1) is 21.5. The molecule has 0 saturated heterocycles. The number of primary amides is 1. The van der Waals surface area contributed by atoms with Gasteiger partial charge in [-0.25, -0.2) is 0 Å². The SMILES string of the molecule is CC(=O)N[C@@H](Cc1c[nH]c2ccccc12)C(=O)N[C@@H](CCC(=O)C=[N+]=[N-])C(N)=O. The van der Waals surface area contributed by atoms with Gasteiger partial charge in [0.1, 0.15) is 12.1 Å². The molecule has 0 radical (unpaired) electrons. The van der Waals surface area contributed by atoms with Crippen molar-refractivity contribution < 1.29 is 24.0 Å². The Kier molecular flexibility index (Phi) is 7.39. The number of nitrogens with zero attached hydrogens (tertiary/aromatic N) is 2. The van der Waals surface area contributed by atoms with Gasteiger partial charge >= 0.3 is 6.21 Å². The van der Waals surface area contributed by atoms with E-state index >= 15 is 0 Å². The van der Waals surface area contributed by atoms with E-state index in [0.717, 1.165) is 16.5 Å². The molecule has 2 aromatic rings. The molecule has 10 nitrogen and oxygen atoms in total. The molecule has 1 heterocycles. The van der Waals surface area contributed by atoms with Gasteiger partial charge in [0, 0.05) is 36.9 Å². The fourth-order valence-corrected chi connectivity index (χ4v) is 2.95. The molecule has 10 heteroatoms. The Bertz CT molecular complexity index is 976. The minimum absolute atomic E-state index is 0.0637. The van der Waals surface area contributed by atoms with Crippen molar-refractivity contribution >= 4 is 40.6 Å². The Hall–Kier alpha value is -3.78. The molecule has 1 aromatic carbocycles. The fourth-order valence-electron chi connectivity index (χ4n) is 2.95. The fraction of sp³-hybridized carbons (Fsp3) is 0.316. The van der Waals surface area contributed by atoms with Crippen LogP contribution in [-0.4, -0.2) is 51.6 Å². The number of amides is 3. The van der Waals surface area contributed by atoms with E-state index in [2.05, 4.69) is 20.4 Å². The number of rotatable bonds is 10. The molecule has 1 aromatic heterocycles. The molecule has 0 aliphatic heterocycles. The number of ketones is 1. The summed E-state index contributed by atoms with van der Waals surface area (Å²) in [5.74, 6) is -2.35. The average Bonchev–Trinajstić information content (AvgIpc) is 3.07. The molecule has 0 aliphatic rings. The molecule has 0 bridgehead atoms. The Morgan fingerprint density at radius 1 is 1.21 bits per heavy atom. The smallest absolute Gasteiger partial charge is 0.323 e. The number of hydrogen-bond donors (Lipinski definition) is 4. The number of nitrogens with two attached hydrogens (primary N) is 1. The zero-order valence-corrected chi connectivity index (χ0v) is 15.8. The van der Waals surface area contributed by atoms with Crippen LogP contribution in [0.1, 0.15) is 25.3 Å². The number of para-hydroxylation sites is 1. The molecule has 5 N–H and O–H groups in total. The predicted octanol–water partition coefficient (Wildman–Crippen LogP) is -0.165. The van der Waals surface area contributed by atoms with Crippen LogP contribution in [0.5, 0.6) is 0 Å². The molecular formula is C19H22N6O4. The normalized spacial score (nSPS) is 12.4. The maximum atomic E-state index is 12.7. The van der Waals surface area contributed by atoms with Crippen molar-refractivity contribution in [3.05, 3.63) is 41.6 Å². The van der Waals surface area contributed by atoms with Crippen LogP contribution in [0.4, 0.5) is 0 Å². The van der Waals surface area contributed by atoms with E-state index in [1.165, 1.54) is 6.92 Å². The quantitative estimate of drug-likeness (QED) is 0.248. The molecule has 0 aliphatic carbocycles. The highest BCUT2D eigenvalue weighted by Gasteiger charge is 2.26. The van der Waals surface area contributed by atoms with Gasteiger partial charge in [0.25, 0.3) is 0 Å². The number of H-pyrrole nitrogens is 1. The zero-order valence-electron chi connectivity index (χ0n) is 15.8. The van der Waals surface area contributed by atoms with Crippen LogP contribution < -0.4 is 16.4 Å². The number of Topliss-reactive ketones (excluding diaryl/α,β-unsaturated/α-hetero) is 1. The largest absolute Gasteiger partial charge is 0.368 e. The first-order valence-corrected chi connectivity index (χ1v) is 8.94. The van der Waals surface area contributed by atoms with Crippen LogP contribution in [0.2, 0.25) is 0 Å². The Morgan fingerprint density at radius 3 is 2.59 bits per heavy atom. The van der Waals surface area contributed by atoms with Gasteiger partial charge in [-0.1, -0.05) is 18.2 Å². The first-order valence-electron chi connectivity index (χ1n) is 8.94. The van der Waals surface area contributed by atoms with Gasteiger partial charge in [-0.05, 0) is 18.1 Å². The van der Waals surface area contributed by atoms with Crippen LogP contribution in [0.25, 0.3) is 16.4 Å². The number of aromatic nitrogens is 1. The van der Waals surface area contributed by atoms with Crippen molar-refractivity contribution in [2.45, 2.75) is 38.3 Å². The average molecular weight is 398 g/mol. The predicted molar refractivity (Wildman–Crippen MR) is 105 cm³/mol. The van der Waals surface area contributed by atoms with Crippen molar-refractivity contribution in [3.63, 3.8) is 0 Å². The van der Waals surface area contributed by atoms with Crippen molar-refractivity contribution in [1.82, 2.24) is 15.6 Å². The van der Waals surface area contributed by atoms with E-state index < -0.39 is 35.6 Å². The number of carbonyl (C=O) groups is 4. The van der Waals surface area contributed by atoms with Crippen LogP contribution in [0, 0.1) is 0 Å². The van der Waals surface area contributed by atoms with E-state index in [1.54, 1.807) is 6.20 Å². The third kappa shape index (κ3) is 6.12. The summed E-state index contributed by atoms with van der Waals surface area (Å²) in [5.41, 5.74) is 15.4. The summed E-state index contributed by atoms with van der Waals surface area (Å²) in [6.07, 6.45) is 2.44. The van der Waals surface area contributed by atoms with E-state index in [-0.39, 0.29) is 19.3 Å². The lowest BCUT2D eigenvalue weighted by Gasteiger charge is -2.21. The van der Waals surface area contributed by atoms with Gasteiger partial charge in [0.15, 0.2) is 0 Å². The molecule has 29 heavy (non-hydrogen) atoms. The third-order valence-electron chi connectivity index (χ3n) is 4.33. The van der Waals surface area contributed by atoms with Crippen LogP contribution in [-0.2, 0) is 25.6 Å². The molecule has 0 saturated carbocycles. The molecule has 152 valence electrons. The highest BCUT2D eigenvalue weighted by atomic mass is 16.2. The lowest BCUT2D eigenvalue weighted by Crippen LogP contribution is -2.53. The summed E-state index contributed by atoms with van der Waals surface area (Å²) >= 11 is 0. The summed E-state index contributed by atoms with van der Waals surface area (Å²) in [6, 6.07) is 5.47. The third-order valence-corrected chi connectivity index (χ3v) is 4.33. The summed E-state index contributed by atoms with van der Waals surface area (Å²) < 4.78 is 0. The summed E-state index contributed by atoms with van der Waals surface area (Å²) in [4.78, 5) is 53.1. The van der Waals surface area contributed by atoms with E-state index in [9.17, 15) is 19.2 Å². The summed E-state index contributed by atoms with van der Waals surface area (Å²) in [7, 11) is 0. The maximum absolute atomic E-state index is 12.7. The van der Waals surface area contributed by atoms with Gasteiger partial charge in [-0.3, -0.25) is 19.2 Å². The molecule has 2 rings (SSSR count). The Balaban J connectivity index is 2.14. The highest BCUT2D eigenvalue weighted by Crippen LogP contribution is 2.19. The monoisotopic (exact) mass is 398 g/mol. The molecular weight excluding hydrogens is 376 g/mol. The number of carbonyl (C=O) groups excluding carboxylic acids is 4. The van der Waals surface area contributed by atoms with E-state index in [4.69, 9.17) is 11.3 Å². The number of hydrogen-bond acceptors (Lipinski definition) is 4. The van der Waals surface area contributed by atoms with Crippen molar-refractivity contribution in [3.8, 4) is 0 Å². The lowest BCUT2D eigenvalue weighted by molar-refractivity contribution is -0.131. The topological polar surface area (TPSA) is 171 Å². The van der Waals surface area contributed by atoms with Gasteiger partial charge in [-0.15, -0.1) is 0 Å². The van der Waals surface area contributed by atoms with Crippen molar-refractivity contribution in [2.75, 3.05) is 0 Å². The Labute approximate surface area is 166 Å². The van der Waals surface area contributed by atoms with Crippen molar-refractivity contribution in [2.24, 2.45) is 5.73 Å².